The average molecular weight is 912 g/mol. The third-order valence-corrected chi connectivity index (χ3v) is 12.7. The van der Waals surface area contributed by atoms with Crippen molar-refractivity contribution in [2.24, 2.45) is 0 Å². The lowest BCUT2D eigenvalue weighted by atomic mass is 9.81. The zero-order valence-corrected chi connectivity index (χ0v) is 36.4. The van der Waals surface area contributed by atoms with Gasteiger partial charge in [-0.15, -0.1) is 0 Å². The monoisotopic (exact) mass is 910 g/mol. The van der Waals surface area contributed by atoms with E-state index in [1.54, 1.807) is 24.4 Å². The molecule has 1 atom stereocenters. The van der Waals surface area contributed by atoms with Gasteiger partial charge in [0, 0.05) is 34.5 Å². The average Bonchev–Trinajstić information content (AvgIpc) is 3.57. The summed E-state index contributed by atoms with van der Waals surface area (Å²) in [5.41, 5.74) is 1.60. The number of rotatable bonds is 17. The topological polar surface area (TPSA) is 142 Å². The third-order valence-electron chi connectivity index (χ3n) is 9.23. The number of benzene rings is 3. The number of likely N-dealkylation sites (N-methyl/N-ethyl adjacent to an activating group) is 1. The number of carbonyl (C=O) groups excluding carboxylic acids is 1. The number of quaternary nitrogens is 1. The molecule has 59 heavy (non-hydrogen) atoms. The molecule has 0 saturated carbocycles. The molecule has 0 aliphatic carbocycles. The van der Waals surface area contributed by atoms with Crippen LogP contribution in [0.5, 0.6) is 5.75 Å². The van der Waals surface area contributed by atoms with Gasteiger partial charge in [0.05, 0.1) is 56.6 Å². The Kier molecular flexibility index (Phi) is 16.8. The highest BCUT2D eigenvalue weighted by Gasteiger charge is 2.34. The molecule has 0 amide bonds. The van der Waals surface area contributed by atoms with E-state index < -0.39 is 56.1 Å². The quantitative estimate of drug-likeness (QED) is 0.0488. The fourth-order valence-corrected chi connectivity index (χ4v) is 8.83. The number of carbonyl (C=O) groups is 2. The van der Waals surface area contributed by atoms with Crippen molar-refractivity contribution in [1.29, 1.82) is 0 Å². The molecule has 3 aromatic carbocycles. The van der Waals surface area contributed by atoms with Gasteiger partial charge in [0.15, 0.2) is 5.16 Å². The second kappa shape index (κ2) is 20.1. The zero-order valence-electron chi connectivity index (χ0n) is 33.2. The number of aromatic nitrogens is 2. The number of sulfonamides is 1. The first-order valence-electron chi connectivity index (χ1n) is 17.8. The van der Waals surface area contributed by atoms with Crippen molar-refractivity contribution < 1.29 is 59.4 Å². The van der Waals surface area contributed by atoms with Gasteiger partial charge < -0.3 is 24.2 Å². The van der Waals surface area contributed by atoms with Gasteiger partial charge in [0.1, 0.15) is 29.4 Å². The maximum absolute atomic E-state index is 15.7. The molecule has 324 valence electrons. The van der Waals surface area contributed by atoms with E-state index in [1.165, 1.54) is 26.3 Å². The second-order valence-electron chi connectivity index (χ2n) is 14.9. The molecular weight excluding hydrogens is 866 g/mol. The van der Waals surface area contributed by atoms with Crippen molar-refractivity contribution in [2.75, 3.05) is 41.8 Å². The highest BCUT2D eigenvalue weighted by molar-refractivity contribution is 7.98. The van der Waals surface area contributed by atoms with Crippen molar-refractivity contribution in [1.82, 2.24) is 13.9 Å². The van der Waals surface area contributed by atoms with Crippen molar-refractivity contribution in [3.05, 3.63) is 99.3 Å². The number of hydrogen-bond donors (Lipinski definition) is 1. The number of hydrogen-bond acceptors (Lipinski definition) is 8. The molecular formula is C39H45Cl2F5N4O7S2. The number of alkyl halides is 3. The van der Waals surface area contributed by atoms with Crippen molar-refractivity contribution in [3.63, 3.8) is 0 Å². The number of aliphatic carboxylic acids is 2. The van der Waals surface area contributed by atoms with Gasteiger partial charge in [-0.3, -0.25) is 9.36 Å². The van der Waals surface area contributed by atoms with E-state index in [0.717, 1.165) is 63.3 Å². The van der Waals surface area contributed by atoms with Gasteiger partial charge in [-0.1, -0.05) is 61.3 Å². The Morgan fingerprint density at radius 1 is 1.00 bits per heavy atom. The van der Waals surface area contributed by atoms with E-state index in [2.05, 4.69) is 26.1 Å². The molecule has 0 fully saturated rings. The summed E-state index contributed by atoms with van der Waals surface area (Å²) in [6.45, 7) is 4.89. The van der Waals surface area contributed by atoms with Crippen LogP contribution in [0.1, 0.15) is 56.4 Å². The molecule has 1 N–H and O–H groups in total. The Balaban J connectivity index is 0.00000122. The predicted molar refractivity (Wildman–Crippen MR) is 213 cm³/mol. The fourth-order valence-electron chi connectivity index (χ4n) is 5.81. The summed E-state index contributed by atoms with van der Waals surface area (Å²) in [6.07, 6.45) is -1.26. The zero-order chi connectivity index (χ0) is 44.7. The minimum Gasteiger partial charge on any atom is -0.542 e. The molecule has 0 bridgehead atoms. The second-order valence-corrected chi connectivity index (χ2v) is 18.6. The number of ether oxygens (including phenoxy) is 1. The number of carboxylic acids is 2. The van der Waals surface area contributed by atoms with Crippen LogP contribution in [0.4, 0.5) is 22.0 Å². The highest BCUT2D eigenvalue weighted by atomic mass is 35.5. The van der Waals surface area contributed by atoms with Gasteiger partial charge >= 0.3 is 12.1 Å². The van der Waals surface area contributed by atoms with E-state index in [4.69, 9.17) is 37.8 Å². The first kappa shape index (κ1) is 49.4. The van der Waals surface area contributed by atoms with Crippen LogP contribution in [0.25, 0.3) is 5.69 Å². The number of nitrogens with zero attached hydrogens (tertiary/aromatic N) is 4. The van der Waals surface area contributed by atoms with Gasteiger partial charge in [0.2, 0.25) is 10.0 Å². The number of unbranched alkanes of at least 4 members (excludes halogenated alkanes) is 2. The fraction of sp³-hybridized carbons (Fsp3) is 0.410. The van der Waals surface area contributed by atoms with E-state index in [0.29, 0.717) is 28.0 Å². The third kappa shape index (κ3) is 13.0. The number of carboxylic acid groups (broad SMARTS) is 2. The molecule has 20 heteroatoms. The van der Waals surface area contributed by atoms with Crippen LogP contribution in [-0.4, -0.2) is 97.9 Å². The van der Waals surface area contributed by atoms with E-state index in [9.17, 15) is 35.9 Å². The standard InChI is InChI=1S/C37H44Cl2F2N4O5S2.C2HF3O2/c1-37(2,24-12-17-29(38)33(19-24)50-7)34-22-42-36(44(34)26-15-13-25(40)14-16-26)51-23-28-30(39)20-27(21-31(28)41)52(48,49)43(3)32(35(46)47)11-9-8-10-18-45(4,5)6;3-2(4,5)1(6)7/h12-17,19-22,32H,8-11,18,23H2,1-7H3;(H,6,7)/t32-;/m0./s1. The minimum atomic E-state index is -5.19. The van der Waals surface area contributed by atoms with Gasteiger partial charge in [-0.25, -0.2) is 22.2 Å². The Hall–Kier alpha value is -3.94. The number of thioether (sulfide) groups is 1. The van der Waals surface area contributed by atoms with Crippen LogP contribution in [0.2, 0.25) is 10.0 Å². The maximum atomic E-state index is 15.7. The molecule has 4 aromatic rings. The van der Waals surface area contributed by atoms with Gasteiger partial charge in [-0.05, 0) is 73.4 Å². The smallest absolute Gasteiger partial charge is 0.430 e. The van der Waals surface area contributed by atoms with Gasteiger partial charge in [-0.2, -0.15) is 17.5 Å². The molecule has 4 rings (SSSR count). The summed E-state index contributed by atoms with van der Waals surface area (Å²) in [4.78, 5) is 25.1. The molecule has 0 aliphatic rings. The summed E-state index contributed by atoms with van der Waals surface area (Å²) in [5.74, 6) is -5.10. The number of methoxy groups -OCH3 is 1. The van der Waals surface area contributed by atoms with E-state index in [-0.39, 0.29) is 22.8 Å². The molecule has 1 heterocycles. The molecule has 0 aliphatic heterocycles. The molecule has 1 aromatic heterocycles. The molecule has 11 nitrogen and oxygen atoms in total. The normalized spacial score (nSPS) is 12.9. The summed E-state index contributed by atoms with van der Waals surface area (Å²) in [6, 6.07) is 12.0. The lowest BCUT2D eigenvalue weighted by Crippen LogP contribution is -2.42. The lowest BCUT2D eigenvalue weighted by molar-refractivity contribution is -0.870. The van der Waals surface area contributed by atoms with E-state index >= 15 is 4.39 Å². The number of imidazole rings is 1. The number of halogens is 7. The summed E-state index contributed by atoms with van der Waals surface area (Å²) in [5, 5.41) is 19.4. The molecule has 0 spiro atoms. The SMILES string of the molecule is COc1cc(C(C)(C)c2cnc(SCc3c(F)cc(S(=O)(=O)N(C)[C@@H](CCCCC[N+](C)(C)C)C(=O)O)cc3Cl)n2-c2ccc(F)cc2)ccc1Cl.O=C([O-])C(F)(F)F. The first-order chi connectivity index (χ1) is 27.2. The van der Waals surface area contributed by atoms with Crippen LogP contribution in [0.3, 0.4) is 0 Å². The maximum Gasteiger partial charge on any atom is 0.430 e. The Labute approximate surface area is 354 Å². The van der Waals surface area contributed by atoms with Gasteiger partial charge in [0.25, 0.3) is 0 Å². The van der Waals surface area contributed by atoms with Crippen LogP contribution in [-0.2, 0) is 30.8 Å². The minimum absolute atomic E-state index is 0.0291. The van der Waals surface area contributed by atoms with Crippen molar-refractivity contribution in [2.45, 2.75) is 73.0 Å². The predicted octanol–water partition coefficient (Wildman–Crippen LogP) is 7.72. The van der Waals surface area contributed by atoms with Crippen LogP contribution in [0, 0.1) is 11.6 Å². The van der Waals surface area contributed by atoms with E-state index in [1.807, 2.05) is 30.5 Å². The van der Waals surface area contributed by atoms with Crippen molar-refractivity contribution >= 4 is 56.9 Å². The van der Waals surface area contributed by atoms with Crippen LogP contribution in [0.15, 0.2) is 70.8 Å². The Bertz CT molecular complexity index is 2190. The van der Waals surface area contributed by atoms with Crippen molar-refractivity contribution in [3.8, 4) is 11.4 Å². The summed E-state index contributed by atoms with van der Waals surface area (Å²) in [7, 11) is 4.49. The lowest BCUT2D eigenvalue weighted by Gasteiger charge is -2.28. The summed E-state index contributed by atoms with van der Waals surface area (Å²) < 4.78 is 97.2. The molecule has 0 radical (unpaired) electrons. The largest absolute Gasteiger partial charge is 0.542 e. The van der Waals surface area contributed by atoms with Crippen LogP contribution < -0.4 is 9.84 Å². The Morgan fingerprint density at radius 3 is 2.14 bits per heavy atom. The summed E-state index contributed by atoms with van der Waals surface area (Å²) >= 11 is 14.0. The highest BCUT2D eigenvalue weighted by Crippen LogP contribution is 2.40. The molecule has 0 saturated heterocycles. The Morgan fingerprint density at radius 2 is 1.61 bits per heavy atom. The van der Waals surface area contributed by atoms with Crippen LogP contribution >= 0.6 is 35.0 Å². The molecule has 0 unspecified atom stereocenters. The first-order valence-corrected chi connectivity index (χ1v) is 21.0.